The van der Waals surface area contributed by atoms with Crippen molar-refractivity contribution in [1.82, 2.24) is 14.8 Å². The largest absolute Gasteiger partial charge is 0.496 e. The van der Waals surface area contributed by atoms with E-state index in [0.29, 0.717) is 5.92 Å². The summed E-state index contributed by atoms with van der Waals surface area (Å²) in [5.41, 5.74) is 2.21. The summed E-state index contributed by atoms with van der Waals surface area (Å²) in [6, 6.07) is 12.1. The van der Waals surface area contributed by atoms with E-state index in [1.165, 1.54) is 5.56 Å². The minimum Gasteiger partial charge on any atom is -0.496 e. The van der Waals surface area contributed by atoms with Crippen LogP contribution in [-0.4, -0.2) is 61.0 Å². The highest BCUT2D eigenvalue weighted by molar-refractivity contribution is 5.91. The van der Waals surface area contributed by atoms with E-state index < -0.39 is 0 Å². The molecule has 29 heavy (non-hydrogen) atoms. The Morgan fingerprint density at radius 1 is 1.24 bits per heavy atom. The van der Waals surface area contributed by atoms with Crippen molar-refractivity contribution in [3.05, 3.63) is 66.0 Å². The van der Waals surface area contributed by atoms with Gasteiger partial charge in [-0.2, -0.15) is 0 Å². The number of aromatic nitrogens is 1. The van der Waals surface area contributed by atoms with Gasteiger partial charge in [-0.15, -0.1) is 0 Å². The van der Waals surface area contributed by atoms with Crippen LogP contribution >= 0.6 is 0 Å². The van der Waals surface area contributed by atoms with Crippen LogP contribution in [0, 0.1) is 5.92 Å². The average Bonchev–Trinajstić information content (AvgIpc) is 2.77. The van der Waals surface area contributed by atoms with Crippen molar-refractivity contribution in [2.75, 3.05) is 40.3 Å². The zero-order valence-electron chi connectivity index (χ0n) is 17.5. The number of rotatable bonds is 8. The Balaban J connectivity index is 1.40. The Hall–Kier alpha value is -2.66. The summed E-state index contributed by atoms with van der Waals surface area (Å²) in [6.07, 6.45) is 10.2. The molecular weight excluding hydrogens is 362 g/mol. The van der Waals surface area contributed by atoms with Gasteiger partial charge < -0.3 is 14.5 Å². The van der Waals surface area contributed by atoms with Crippen molar-refractivity contribution in [3.63, 3.8) is 0 Å². The number of carbonyl (C=O) groups is 1. The van der Waals surface area contributed by atoms with Crippen molar-refractivity contribution >= 4 is 12.0 Å². The van der Waals surface area contributed by atoms with Gasteiger partial charge in [0.15, 0.2) is 0 Å². The molecule has 0 radical (unpaired) electrons. The molecule has 0 aliphatic carbocycles. The second kappa shape index (κ2) is 10.8. The lowest BCUT2D eigenvalue weighted by Crippen LogP contribution is -2.39. The fourth-order valence-electron chi connectivity index (χ4n) is 3.83. The molecule has 0 atom stereocenters. The van der Waals surface area contributed by atoms with Crippen LogP contribution in [0.25, 0.3) is 6.08 Å². The number of pyridine rings is 1. The van der Waals surface area contributed by atoms with Gasteiger partial charge in [-0.1, -0.05) is 24.3 Å². The van der Waals surface area contributed by atoms with Gasteiger partial charge in [-0.3, -0.25) is 9.78 Å². The number of hydrogen-bond acceptors (Lipinski definition) is 4. The molecule has 1 aromatic heterocycles. The molecule has 0 bridgehead atoms. The summed E-state index contributed by atoms with van der Waals surface area (Å²) in [6.45, 7) is 4.05. The molecule has 3 rings (SSSR count). The third kappa shape index (κ3) is 6.43. The number of likely N-dealkylation sites (N-methyl/N-ethyl adjacent to an activating group) is 1. The van der Waals surface area contributed by atoms with Crippen LogP contribution in [0.15, 0.2) is 54.9 Å². The van der Waals surface area contributed by atoms with Crippen LogP contribution < -0.4 is 4.74 Å². The SMILES string of the molecule is COc1ccccc1CCN1CCC(CN(C)C(=O)/C=C/c2cccnc2)CC1. The quantitative estimate of drug-likeness (QED) is 0.644. The molecule has 0 spiro atoms. The number of carbonyl (C=O) groups excluding carboxylic acids is 1. The highest BCUT2D eigenvalue weighted by Crippen LogP contribution is 2.21. The van der Waals surface area contributed by atoms with Gasteiger partial charge in [-0.25, -0.2) is 0 Å². The van der Waals surface area contributed by atoms with Gasteiger partial charge in [0.2, 0.25) is 5.91 Å². The van der Waals surface area contributed by atoms with Gasteiger partial charge in [0.05, 0.1) is 7.11 Å². The number of hydrogen-bond donors (Lipinski definition) is 0. The fourth-order valence-corrected chi connectivity index (χ4v) is 3.83. The van der Waals surface area contributed by atoms with Crippen molar-refractivity contribution in [2.24, 2.45) is 5.92 Å². The third-order valence-corrected chi connectivity index (χ3v) is 5.61. The summed E-state index contributed by atoms with van der Waals surface area (Å²) < 4.78 is 5.45. The molecule has 154 valence electrons. The summed E-state index contributed by atoms with van der Waals surface area (Å²) in [7, 11) is 3.62. The summed E-state index contributed by atoms with van der Waals surface area (Å²) in [4.78, 5) is 20.8. The smallest absolute Gasteiger partial charge is 0.246 e. The normalized spacial score (nSPS) is 15.5. The van der Waals surface area contributed by atoms with Crippen LogP contribution in [0.2, 0.25) is 0 Å². The van der Waals surface area contributed by atoms with Gasteiger partial charge in [-0.05, 0) is 67.6 Å². The van der Waals surface area contributed by atoms with E-state index in [4.69, 9.17) is 4.74 Å². The lowest BCUT2D eigenvalue weighted by molar-refractivity contribution is -0.125. The molecule has 1 fully saturated rings. The zero-order chi connectivity index (χ0) is 20.5. The average molecular weight is 394 g/mol. The number of amides is 1. The highest BCUT2D eigenvalue weighted by Gasteiger charge is 2.21. The second-order valence-corrected chi connectivity index (χ2v) is 7.69. The standard InChI is InChI=1S/C24H31N3O2/c1-26(24(28)10-9-20-6-5-14-25-18-20)19-21-11-15-27(16-12-21)17-13-22-7-3-4-8-23(22)29-2/h3-10,14,18,21H,11-13,15-17,19H2,1-2H3/b10-9+. The van der Waals surface area contributed by atoms with Crippen LogP contribution in [0.3, 0.4) is 0 Å². The van der Waals surface area contributed by atoms with E-state index in [9.17, 15) is 4.79 Å². The predicted molar refractivity (Wildman–Crippen MR) is 117 cm³/mol. The number of para-hydroxylation sites is 1. The van der Waals surface area contributed by atoms with Crippen molar-refractivity contribution in [3.8, 4) is 5.75 Å². The fraction of sp³-hybridized carbons (Fsp3) is 0.417. The van der Waals surface area contributed by atoms with Crippen molar-refractivity contribution in [1.29, 1.82) is 0 Å². The summed E-state index contributed by atoms with van der Waals surface area (Å²) in [5, 5.41) is 0. The number of methoxy groups -OCH3 is 1. The van der Waals surface area contributed by atoms with Crippen molar-refractivity contribution in [2.45, 2.75) is 19.3 Å². The first-order valence-corrected chi connectivity index (χ1v) is 10.3. The van der Waals surface area contributed by atoms with Crippen LogP contribution in [0.4, 0.5) is 0 Å². The lowest BCUT2D eigenvalue weighted by atomic mass is 9.96. The first-order valence-electron chi connectivity index (χ1n) is 10.3. The van der Waals surface area contributed by atoms with Crippen LogP contribution in [0.5, 0.6) is 5.75 Å². The first-order chi connectivity index (χ1) is 14.2. The summed E-state index contributed by atoms with van der Waals surface area (Å²) in [5.74, 6) is 1.59. The van der Waals surface area contributed by atoms with E-state index in [1.54, 1.807) is 25.6 Å². The maximum absolute atomic E-state index is 12.4. The molecule has 1 aromatic carbocycles. The van der Waals surface area contributed by atoms with E-state index >= 15 is 0 Å². The van der Waals surface area contributed by atoms with E-state index in [1.807, 2.05) is 42.3 Å². The molecule has 1 aliphatic rings. The third-order valence-electron chi connectivity index (χ3n) is 5.61. The Bertz CT molecular complexity index is 799. The Kier molecular flexibility index (Phi) is 7.82. The van der Waals surface area contributed by atoms with Crippen molar-refractivity contribution < 1.29 is 9.53 Å². The van der Waals surface area contributed by atoms with E-state index in [0.717, 1.165) is 56.8 Å². The Labute approximate surface area is 174 Å². The maximum Gasteiger partial charge on any atom is 0.246 e. The number of ether oxygens (including phenoxy) is 1. The molecule has 0 N–H and O–H groups in total. The zero-order valence-corrected chi connectivity index (χ0v) is 17.5. The van der Waals surface area contributed by atoms with Gasteiger partial charge in [0.25, 0.3) is 0 Å². The molecule has 1 aliphatic heterocycles. The minimum atomic E-state index is 0.0486. The Morgan fingerprint density at radius 2 is 2.03 bits per heavy atom. The molecule has 5 nitrogen and oxygen atoms in total. The molecule has 2 aromatic rings. The number of likely N-dealkylation sites (tertiary alicyclic amines) is 1. The molecule has 1 amide bonds. The molecule has 0 unspecified atom stereocenters. The van der Waals surface area contributed by atoms with E-state index in [-0.39, 0.29) is 5.91 Å². The maximum atomic E-state index is 12.4. The highest BCUT2D eigenvalue weighted by atomic mass is 16.5. The molecule has 0 saturated carbocycles. The monoisotopic (exact) mass is 393 g/mol. The lowest BCUT2D eigenvalue weighted by Gasteiger charge is -2.33. The minimum absolute atomic E-state index is 0.0486. The Morgan fingerprint density at radius 3 is 2.76 bits per heavy atom. The predicted octanol–water partition coefficient (Wildman–Crippen LogP) is 3.52. The molecule has 2 heterocycles. The molecule has 1 saturated heterocycles. The number of piperidine rings is 1. The first kappa shape index (κ1) is 21.1. The summed E-state index contributed by atoms with van der Waals surface area (Å²) >= 11 is 0. The second-order valence-electron chi connectivity index (χ2n) is 7.69. The molecule has 5 heteroatoms. The van der Waals surface area contributed by atoms with Gasteiger partial charge in [0, 0.05) is 38.6 Å². The topological polar surface area (TPSA) is 45.7 Å². The molecular formula is C24H31N3O2. The van der Waals surface area contributed by atoms with Crippen LogP contribution in [0.1, 0.15) is 24.0 Å². The van der Waals surface area contributed by atoms with Gasteiger partial charge in [0.1, 0.15) is 5.75 Å². The van der Waals surface area contributed by atoms with E-state index in [2.05, 4.69) is 22.0 Å². The number of nitrogens with zero attached hydrogens (tertiary/aromatic N) is 3. The van der Waals surface area contributed by atoms with Gasteiger partial charge >= 0.3 is 0 Å². The van der Waals surface area contributed by atoms with Crippen LogP contribution in [-0.2, 0) is 11.2 Å². The number of benzene rings is 1.